The Balaban J connectivity index is 1.45. The number of nitrogens with zero attached hydrogens (tertiary/aromatic N) is 2. The monoisotopic (exact) mass is 565 g/mol. The van der Waals surface area contributed by atoms with Crippen molar-refractivity contribution in [3.63, 3.8) is 0 Å². The van der Waals surface area contributed by atoms with Gasteiger partial charge in [-0.05, 0) is 41.6 Å². The number of aliphatic imine (C=N–C) groups is 1. The van der Waals surface area contributed by atoms with E-state index in [-0.39, 0.29) is 17.5 Å². The fourth-order valence-corrected chi connectivity index (χ4v) is 4.24. The summed E-state index contributed by atoms with van der Waals surface area (Å²) in [6, 6.07) is 17.2. The van der Waals surface area contributed by atoms with E-state index in [2.05, 4.69) is 36.3 Å². The lowest BCUT2D eigenvalue weighted by Crippen LogP contribution is -2.41. The van der Waals surface area contributed by atoms with Gasteiger partial charge in [-0.3, -0.25) is 10.1 Å². The minimum atomic E-state index is -0.854. The molecule has 6 N–H and O–H groups in total. The Morgan fingerprint density at radius 2 is 1.90 bits per heavy atom. The van der Waals surface area contributed by atoms with Gasteiger partial charge < -0.3 is 20.5 Å². The number of nitrogens with one attached hydrogen (secondary N) is 3. The summed E-state index contributed by atoms with van der Waals surface area (Å²) in [6.07, 6.45) is 0.338. The fraction of sp³-hybridized carbons (Fsp3) is 0.148. The lowest BCUT2D eigenvalue weighted by molar-refractivity contribution is -0.253. The summed E-state index contributed by atoms with van der Waals surface area (Å²) in [6.45, 7) is -0.197. The number of carbonyl (C=O) groups is 2. The number of alkyl carbamates (subject to hydrolysis) is 1. The van der Waals surface area contributed by atoms with Crippen molar-refractivity contribution in [1.29, 1.82) is 0 Å². The number of halogens is 1. The number of methoxy groups -OCH3 is 1. The Kier molecular flexibility index (Phi) is 9.09. The maximum atomic E-state index is 14.9. The highest BCUT2D eigenvalue weighted by molar-refractivity contribution is 8.13. The number of rotatable bonds is 6. The molecule has 0 unspecified atom stereocenters. The Hall–Kier alpha value is -4.75. The van der Waals surface area contributed by atoms with Crippen molar-refractivity contribution in [2.24, 2.45) is 4.99 Å². The summed E-state index contributed by atoms with van der Waals surface area (Å²) in [4.78, 5) is 38.9. The van der Waals surface area contributed by atoms with Crippen LogP contribution in [0, 0.1) is 5.82 Å². The Morgan fingerprint density at radius 3 is 2.62 bits per heavy atom. The maximum Gasteiger partial charge on any atom is 0.435 e. The van der Waals surface area contributed by atoms with Crippen LogP contribution in [0.25, 0.3) is 21.9 Å². The predicted octanol–water partition coefficient (Wildman–Crippen LogP) is 3.77. The highest BCUT2D eigenvalue weighted by Crippen LogP contribution is 2.29. The first-order chi connectivity index (χ1) is 19.3. The highest BCUT2D eigenvalue weighted by atomic mass is 32.2. The van der Waals surface area contributed by atoms with Crippen molar-refractivity contribution in [1.82, 2.24) is 15.5 Å². The Bertz CT molecular complexity index is 1660. The van der Waals surface area contributed by atoms with E-state index in [9.17, 15) is 18.8 Å². The molecule has 0 aliphatic heterocycles. The van der Waals surface area contributed by atoms with Crippen LogP contribution >= 0.6 is 11.8 Å². The molecule has 1 aromatic heterocycles. The molecule has 1 heterocycles. The van der Waals surface area contributed by atoms with Gasteiger partial charge in [-0.1, -0.05) is 42.1 Å². The normalized spacial score (nSPS) is 11.2. The standard InChI is InChI=1S/C27H25FN6O5S/c1-38-26(36)31-25(40-2)32-27(37)39-14-30-22-10-8-16(13-21(22)29)19-11-15(7-9-20(19)28)12-23-17-5-3-4-6-18(17)24(35)34-33-23/h3-11,13,30H,12,14,29H2,1-2H3,(H,34,35)(H,31,32,36,37)/p+1. The van der Waals surface area contributed by atoms with Crippen molar-refractivity contribution >= 4 is 51.3 Å². The molecule has 0 radical (unpaired) electrons. The van der Waals surface area contributed by atoms with E-state index in [1.165, 1.54) is 13.2 Å². The maximum absolute atomic E-state index is 14.9. The number of hydrogen-bond donors (Lipinski definition) is 4. The quantitative estimate of drug-likeness (QED) is 0.156. The molecular formula is C27H26FN6O5S+. The zero-order valence-electron chi connectivity index (χ0n) is 21.6. The third-order valence-electron chi connectivity index (χ3n) is 5.83. The molecule has 4 rings (SSSR count). The third-order valence-corrected chi connectivity index (χ3v) is 6.41. The molecule has 2 amide bonds. The van der Waals surface area contributed by atoms with E-state index in [1.807, 2.05) is 12.1 Å². The van der Waals surface area contributed by atoms with Crippen LogP contribution in [0.4, 0.5) is 25.4 Å². The molecule has 0 bridgehead atoms. The lowest BCUT2D eigenvalue weighted by atomic mass is 9.98. The Labute approximate surface area is 232 Å². The molecule has 0 fully saturated rings. The summed E-state index contributed by atoms with van der Waals surface area (Å²) in [7, 11) is 1.17. The van der Waals surface area contributed by atoms with Gasteiger partial charge in [0.2, 0.25) is 0 Å². The fourth-order valence-electron chi connectivity index (χ4n) is 3.89. The zero-order chi connectivity index (χ0) is 28.6. The number of H-pyrrole nitrogens is 1. The van der Waals surface area contributed by atoms with Gasteiger partial charge in [-0.25, -0.2) is 19.1 Å². The number of amidine groups is 1. The van der Waals surface area contributed by atoms with Gasteiger partial charge >= 0.3 is 12.2 Å². The van der Waals surface area contributed by atoms with Gasteiger partial charge in [-0.15, -0.1) is 0 Å². The van der Waals surface area contributed by atoms with Crippen molar-refractivity contribution in [2.75, 3.05) is 25.4 Å². The van der Waals surface area contributed by atoms with Crippen LogP contribution in [0.15, 0.2) is 70.5 Å². The topological polar surface area (TPSA) is 162 Å². The Morgan fingerprint density at radius 1 is 1.12 bits per heavy atom. The number of aromatic nitrogens is 2. The minimum absolute atomic E-state index is 0.0211. The van der Waals surface area contributed by atoms with Crippen LogP contribution in [0.5, 0.6) is 0 Å². The van der Waals surface area contributed by atoms with Crippen molar-refractivity contribution in [3.05, 3.63) is 88.1 Å². The first-order valence-corrected chi connectivity index (χ1v) is 13.1. The lowest BCUT2D eigenvalue weighted by Gasteiger charge is -2.12. The second kappa shape index (κ2) is 12.9. The van der Waals surface area contributed by atoms with Gasteiger partial charge in [0.15, 0.2) is 17.6 Å². The molecule has 13 heteroatoms. The molecule has 0 saturated heterocycles. The molecule has 40 heavy (non-hydrogen) atoms. The van der Waals surface area contributed by atoms with Crippen molar-refractivity contribution in [3.8, 4) is 11.1 Å². The van der Waals surface area contributed by atoms with E-state index in [4.69, 9.17) is 4.74 Å². The largest absolute Gasteiger partial charge is 0.451 e. The van der Waals surface area contributed by atoms with E-state index < -0.39 is 18.0 Å². The average molecular weight is 566 g/mol. The minimum Gasteiger partial charge on any atom is -0.451 e. The predicted molar refractivity (Wildman–Crippen MR) is 151 cm³/mol. The summed E-state index contributed by atoms with van der Waals surface area (Å²) in [5, 5.41) is 13.3. The second-order valence-electron chi connectivity index (χ2n) is 8.38. The van der Waals surface area contributed by atoms with Gasteiger partial charge in [0.25, 0.3) is 5.56 Å². The average Bonchev–Trinajstić information content (AvgIpc) is 2.96. The smallest absolute Gasteiger partial charge is 0.435 e. The van der Waals surface area contributed by atoms with Crippen LogP contribution in [0.3, 0.4) is 0 Å². The van der Waals surface area contributed by atoms with E-state index in [0.717, 1.165) is 22.7 Å². The number of benzene rings is 3. The number of fused-ring (bicyclic) bond motifs is 1. The highest BCUT2D eigenvalue weighted by Gasteiger charge is 2.14. The second-order valence-corrected chi connectivity index (χ2v) is 9.17. The van der Waals surface area contributed by atoms with Crippen LogP contribution < -0.4 is 21.9 Å². The van der Waals surface area contributed by atoms with Gasteiger partial charge in [-0.2, -0.15) is 10.1 Å². The molecule has 11 nitrogen and oxygen atoms in total. The van der Waals surface area contributed by atoms with Crippen molar-refractivity contribution < 1.29 is 29.2 Å². The zero-order valence-corrected chi connectivity index (χ0v) is 22.4. The van der Waals surface area contributed by atoms with Crippen LogP contribution in [0.2, 0.25) is 0 Å². The first-order valence-electron chi connectivity index (χ1n) is 11.9. The number of carbonyl (C=O) groups excluding carboxylic acids is 2. The number of aromatic amines is 1. The number of amides is 2. The summed E-state index contributed by atoms with van der Waals surface area (Å²) < 4.78 is 24.4. The van der Waals surface area contributed by atoms with Crippen LogP contribution in [-0.4, -0.2) is 47.6 Å². The third kappa shape index (κ3) is 6.81. The molecule has 0 spiro atoms. The summed E-state index contributed by atoms with van der Waals surface area (Å²) in [5.41, 5.74) is 7.35. The SMILES string of the molecule is COC(=O)N=C(NC(=O)OCNc1ccc(-c2cc(Cc3n[nH]c(=O)c4ccccc34)ccc2F)cc1[NH3+])SC. The van der Waals surface area contributed by atoms with Crippen LogP contribution in [0.1, 0.15) is 11.3 Å². The first kappa shape index (κ1) is 28.3. The molecule has 0 saturated carbocycles. The molecule has 206 valence electrons. The van der Waals surface area contributed by atoms with Gasteiger partial charge in [0.05, 0.1) is 23.9 Å². The number of ether oxygens (including phenoxy) is 2. The molecule has 0 atom stereocenters. The molecule has 3 aromatic carbocycles. The number of hydrogen-bond acceptors (Lipinski definition) is 8. The van der Waals surface area contributed by atoms with E-state index >= 15 is 0 Å². The number of thioether (sulfide) groups is 1. The summed E-state index contributed by atoms with van der Waals surface area (Å²) >= 11 is 1.04. The van der Waals surface area contributed by atoms with Gasteiger partial charge in [0.1, 0.15) is 5.82 Å². The van der Waals surface area contributed by atoms with Crippen molar-refractivity contribution in [2.45, 2.75) is 6.42 Å². The van der Waals surface area contributed by atoms with Gasteiger partial charge in [0, 0.05) is 23.4 Å². The van der Waals surface area contributed by atoms with E-state index in [0.29, 0.717) is 40.0 Å². The molecule has 4 aromatic rings. The number of quaternary nitrogens is 1. The number of anilines is 1. The molecule has 0 aliphatic rings. The molecular weight excluding hydrogens is 539 g/mol. The molecule has 0 aliphatic carbocycles. The van der Waals surface area contributed by atoms with E-state index in [1.54, 1.807) is 48.7 Å². The summed E-state index contributed by atoms with van der Waals surface area (Å²) in [5.74, 6) is -0.402. The van der Waals surface area contributed by atoms with Crippen LogP contribution in [-0.2, 0) is 15.9 Å².